The molecule has 0 aliphatic carbocycles. The molecule has 0 bridgehead atoms. The van der Waals surface area contributed by atoms with Crippen LogP contribution in [0.5, 0.6) is 34.5 Å². The molecule has 60 heavy (non-hydrogen) atoms. The van der Waals surface area contributed by atoms with E-state index in [-0.39, 0.29) is 23.6 Å². The van der Waals surface area contributed by atoms with E-state index in [9.17, 15) is 19.2 Å². The van der Waals surface area contributed by atoms with Gasteiger partial charge in [0.15, 0.2) is 13.5 Å². The van der Waals surface area contributed by atoms with Crippen LogP contribution in [0.1, 0.15) is 11.1 Å². The molecule has 12 heteroatoms. The molecule has 294 valence electrons. The summed E-state index contributed by atoms with van der Waals surface area (Å²) in [5.74, 6) is 2.57. The van der Waals surface area contributed by atoms with Crippen LogP contribution >= 0.6 is 0 Å². The number of rotatable bonds is 9. The zero-order chi connectivity index (χ0) is 40.7. The molecule has 0 atom stereocenters. The van der Waals surface area contributed by atoms with E-state index in [0.29, 0.717) is 72.4 Å². The summed E-state index contributed by atoms with van der Waals surface area (Å²) in [6, 6.07) is 41.9. The van der Waals surface area contributed by atoms with Crippen LogP contribution in [0.3, 0.4) is 0 Å². The van der Waals surface area contributed by atoms with Gasteiger partial charge >= 0.3 is 0 Å². The highest BCUT2D eigenvalue weighted by Crippen LogP contribution is 2.40. The van der Waals surface area contributed by atoms with Crippen molar-refractivity contribution >= 4 is 46.4 Å². The van der Waals surface area contributed by atoms with Crippen LogP contribution < -0.4 is 38.5 Å². The molecule has 12 nitrogen and oxygen atoms in total. The van der Waals surface area contributed by atoms with Crippen molar-refractivity contribution in [2.45, 2.75) is 13.1 Å². The highest BCUT2D eigenvalue weighted by Gasteiger charge is 2.29. The molecular formula is C48H34N4O8. The Kier molecular flexibility index (Phi) is 9.06. The summed E-state index contributed by atoms with van der Waals surface area (Å²) in [7, 11) is 0. The van der Waals surface area contributed by atoms with Crippen molar-refractivity contribution in [2.24, 2.45) is 0 Å². The molecule has 0 saturated carbocycles. The smallest absolute Gasteiger partial charge is 0.258 e. The second kappa shape index (κ2) is 15.0. The molecule has 6 aromatic carbocycles. The zero-order valence-corrected chi connectivity index (χ0v) is 31.9. The van der Waals surface area contributed by atoms with Gasteiger partial charge in [-0.3, -0.25) is 19.2 Å². The molecule has 0 spiro atoms. The zero-order valence-electron chi connectivity index (χ0n) is 31.9. The fourth-order valence-electron chi connectivity index (χ4n) is 7.60. The van der Waals surface area contributed by atoms with Crippen LogP contribution in [0.2, 0.25) is 0 Å². The minimum atomic E-state index is -0.362. The number of amides is 4. The van der Waals surface area contributed by atoms with E-state index in [1.165, 1.54) is 24.3 Å². The Bertz CT molecular complexity index is 2730. The number of hydrogen-bond donors (Lipinski definition) is 0. The van der Waals surface area contributed by atoms with Crippen molar-refractivity contribution < 1.29 is 38.1 Å². The fourth-order valence-corrected chi connectivity index (χ4v) is 7.60. The predicted octanol–water partition coefficient (Wildman–Crippen LogP) is 8.51. The van der Waals surface area contributed by atoms with Gasteiger partial charge in [0.1, 0.15) is 34.5 Å². The van der Waals surface area contributed by atoms with E-state index in [1.54, 1.807) is 24.3 Å². The van der Waals surface area contributed by atoms with Crippen molar-refractivity contribution in [1.82, 2.24) is 0 Å². The first-order valence-electron chi connectivity index (χ1n) is 19.2. The van der Waals surface area contributed by atoms with E-state index in [1.807, 2.05) is 109 Å². The molecule has 0 N–H and O–H groups in total. The van der Waals surface area contributed by atoms with Crippen LogP contribution in [0.15, 0.2) is 158 Å². The third kappa shape index (κ3) is 6.96. The highest BCUT2D eigenvalue weighted by atomic mass is 16.5. The molecular weight excluding hydrogens is 761 g/mol. The normalized spacial score (nSPS) is 15.5. The topological polar surface area (TPSA) is 118 Å². The quantitative estimate of drug-likeness (QED) is 0.132. The predicted molar refractivity (Wildman–Crippen MR) is 224 cm³/mol. The lowest BCUT2D eigenvalue weighted by Crippen LogP contribution is -2.33. The Balaban J connectivity index is 0.822. The highest BCUT2D eigenvalue weighted by molar-refractivity contribution is 6.28. The van der Waals surface area contributed by atoms with E-state index >= 15 is 0 Å². The lowest BCUT2D eigenvalue weighted by atomic mass is 10.0. The average molecular weight is 795 g/mol. The molecule has 0 saturated heterocycles. The minimum Gasteiger partial charge on any atom is -0.473 e. The monoisotopic (exact) mass is 794 g/mol. The molecule has 4 heterocycles. The summed E-state index contributed by atoms with van der Waals surface area (Å²) in [5, 5.41) is 0. The minimum absolute atomic E-state index is 0.339. The van der Waals surface area contributed by atoms with E-state index in [2.05, 4.69) is 9.80 Å². The van der Waals surface area contributed by atoms with Crippen LogP contribution in [-0.2, 0) is 32.3 Å². The van der Waals surface area contributed by atoms with Gasteiger partial charge in [0, 0.05) is 65.5 Å². The number of hydrogen-bond acceptors (Lipinski definition) is 10. The van der Waals surface area contributed by atoms with Crippen LogP contribution in [0, 0.1) is 0 Å². The maximum Gasteiger partial charge on any atom is 0.258 e. The molecule has 0 aromatic heterocycles. The average Bonchev–Trinajstić information content (AvgIpc) is 3.81. The largest absolute Gasteiger partial charge is 0.473 e. The maximum absolute atomic E-state index is 12.3. The molecule has 4 aliphatic rings. The molecule has 4 amide bonds. The van der Waals surface area contributed by atoms with Gasteiger partial charge in [-0.25, -0.2) is 9.80 Å². The van der Waals surface area contributed by atoms with Crippen molar-refractivity contribution in [3.05, 3.63) is 169 Å². The van der Waals surface area contributed by atoms with Gasteiger partial charge in [0.2, 0.25) is 0 Å². The third-order valence-electron chi connectivity index (χ3n) is 10.6. The Hall–Kier alpha value is -8.12. The van der Waals surface area contributed by atoms with Gasteiger partial charge < -0.3 is 28.7 Å². The number of anilines is 4. The number of carbonyl (C=O) groups is 4. The lowest BCUT2D eigenvalue weighted by molar-refractivity contribution is -0.121. The third-order valence-corrected chi connectivity index (χ3v) is 10.6. The molecule has 6 aromatic rings. The molecule has 10 rings (SSSR count). The van der Waals surface area contributed by atoms with Crippen LogP contribution in [0.4, 0.5) is 22.7 Å². The molecule has 0 radical (unpaired) electrons. The first-order chi connectivity index (χ1) is 29.3. The van der Waals surface area contributed by atoms with E-state index in [4.69, 9.17) is 18.9 Å². The van der Waals surface area contributed by atoms with Gasteiger partial charge in [0.05, 0.1) is 11.4 Å². The Labute approximate surface area is 344 Å². The summed E-state index contributed by atoms with van der Waals surface area (Å²) >= 11 is 0. The Morgan fingerprint density at radius 3 is 1.38 bits per heavy atom. The Morgan fingerprint density at radius 2 is 0.883 bits per heavy atom. The second-order valence-electron chi connectivity index (χ2n) is 14.4. The van der Waals surface area contributed by atoms with Gasteiger partial charge in [-0.05, 0) is 109 Å². The van der Waals surface area contributed by atoms with Crippen molar-refractivity contribution in [2.75, 3.05) is 33.1 Å². The standard InChI is InChI=1S/C48H34N4O8/c53-45-20-21-46(54)51(45)36-10-17-42-32(24-36)27-49(29-57-42)34-6-12-38(13-7-34)59-40-16-19-44(41(26-40)31-4-2-1-3-5-31)60-39-14-8-35(9-15-39)50-28-33-25-37(11-18-43(33)58-30-50)52-47(55)22-23-48(52)56/h1-26H,27-30H2. The molecule has 0 unspecified atom stereocenters. The number of imide groups is 2. The molecule has 4 aliphatic heterocycles. The van der Waals surface area contributed by atoms with Crippen LogP contribution in [-0.4, -0.2) is 37.1 Å². The van der Waals surface area contributed by atoms with E-state index in [0.717, 1.165) is 43.4 Å². The van der Waals surface area contributed by atoms with Crippen LogP contribution in [0.25, 0.3) is 11.1 Å². The van der Waals surface area contributed by atoms with Gasteiger partial charge in [-0.1, -0.05) is 30.3 Å². The first-order valence-corrected chi connectivity index (χ1v) is 19.2. The summed E-state index contributed by atoms with van der Waals surface area (Å²) < 4.78 is 24.9. The first kappa shape index (κ1) is 36.2. The van der Waals surface area contributed by atoms with Crippen molar-refractivity contribution in [1.29, 1.82) is 0 Å². The summed E-state index contributed by atoms with van der Waals surface area (Å²) in [6.45, 7) is 1.74. The summed E-state index contributed by atoms with van der Waals surface area (Å²) in [5.41, 5.74) is 6.41. The van der Waals surface area contributed by atoms with Gasteiger partial charge in [-0.15, -0.1) is 0 Å². The van der Waals surface area contributed by atoms with Crippen molar-refractivity contribution in [3.63, 3.8) is 0 Å². The second-order valence-corrected chi connectivity index (χ2v) is 14.4. The number of fused-ring (bicyclic) bond motifs is 2. The number of carbonyl (C=O) groups excluding carboxylic acids is 4. The Morgan fingerprint density at radius 1 is 0.433 bits per heavy atom. The fraction of sp³-hybridized carbons (Fsp3) is 0.0833. The number of benzene rings is 6. The number of ether oxygens (including phenoxy) is 4. The van der Waals surface area contributed by atoms with Gasteiger partial charge in [-0.2, -0.15) is 0 Å². The maximum atomic E-state index is 12.3. The lowest BCUT2D eigenvalue weighted by Gasteiger charge is -2.31. The van der Waals surface area contributed by atoms with E-state index < -0.39 is 0 Å². The summed E-state index contributed by atoms with van der Waals surface area (Å²) in [6.07, 6.45) is 5.09. The number of nitrogens with zero attached hydrogens (tertiary/aromatic N) is 4. The summed E-state index contributed by atoms with van der Waals surface area (Å²) in [4.78, 5) is 55.5. The SMILES string of the molecule is O=C1C=CC(=O)N1c1ccc2c(c1)CN(c1ccc(Oc3ccc(Oc4ccc(N5COc6ccc(N7C(=O)C=CC7=O)cc6C5)cc4)c(-c4ccccc4)c3)cc1)CO2. The molecule has 0 fully saturated rings. The van der Waals surface area contributed by atoms with Crippen molar-refractivity contribution in [3.8, 4) is 45.6 Å². The van der Waals surface area contributed by atoms with Gasteiger partial charge in [0.25, 0.3) is 23.6 Å².